The molecule has 1 heterocycles. The first kappa shape index (κ1) is 14.2. The first-order chi connectivity index (χ1) is 8.02. The number of imidazole rings is 1. The highest BCUT2D eigenvalue weighted by Crippen LogP contribution is 2.19. The molecular formula is C14H27N3. The monoisotopic (exact) mass is 237 g/mol. The summed E-state index contributed by atoms with van der Waals surface area (Å²) in [6.45, 7) is 11.4. The van der Waals surface area contributed by atoms with Crippen molar-refractivity contribution in [2.45, 2.75) is 34.1 Å². The molecule has 0 spiro atoms. The van der Waals surface area contributed by atoms with E-state index in [4.69, 9.17) is 0 Å². The molecule has 0 aliphatic heterocycles. The van der Waals surface area contributed by atoms with Crippen LogP contribution in [0.5, 0.6) is 0 Å². The third-order valence-electron chi connectivity index (χ3n) is 3.54. The number of aryl methyl sites for hydroxylation is 1. The molecule has 3 heteroatoms. The molecular weight excluding hydrogens is 210 g/mol. The van der Waals surface area contributed by atoms with Crippen LogP contribution >= 0.6 is 0 Å². The molecule has 1 aromatic rings. The lowest BCUT2D eigenvalue weighted by Gasteiger charge is -2.25. The average molecular weight is 237 g/mol. The highest BCUT2D eigenvalue weighted by Gasteiger charge is 2.16. The zero-order valence-corrected chi connectivity index (χ0v) is 11.9. The lowest BCUT2D eigenvalue weighted by atomic mass is 9.85. The summed E-state index contributed by atoms with van der Waals surface area (Å²) in [5, 5.41) is 3.56. The molecule has 0 unspecified atom stereocenters. The Morgan fingerprint density at radius 2 is 1.88 bits per heavy atom. The van der Waals surface area contributed by atoms with Crippen molar-refractivity contribution in [3.8, 4) is 0 Å². The van der Waals surface area contributed by atoms with Gasteiger partial charge in [0.25, 0.3) is 0 Å². The Hall–Kier alpha value is -0.830. The van der Waals surface area contributed by atoms with Crippen molar-refractivity contribution in [3.63, 3.8) is 0 Å². The van der Waals surface area contributed by atoms with E-state index >= 15 is 0 Å². The quantitative estimate of drug-likeness (QED) is 0.738. The first-order valence-corrected chi connectivity index (χ1v) is 6.69. The zero-order valence-electron chi connectivity index (χ0n) is 11.9. The van der Waals surface area contributed by atoms with Crippen LogP contribution in [0.15, 0.2) is 12.4 Å². The summed E-state index contributed by atoms with van der Waals surface area (Å²) in [5.74, 6) is 3.41. The van der Waals surface area contributed by atoms with Crippen molar-refractivity contribution < 1.29 is 0 Å². The zero-order chi connectivity index (χ0) is 12.8. The number of rotatable bonds is 7. The van der Waals surface area contributed by atoms with Gasteiger partial charge in [0.2, 0.25) is 0 Å². The minimum atomic E-state index is 0.746. The van der Waals surface area contributed by atoms with E-state index in [0.29, 0.717) is 0 Å². The van der Waals surface area contributed by atoms with Crippen molar-refractivity contribution >= 4 is 0 Å². The molecule has 0 atom stereocenters. The minimum Gasteiger partial charge on any atom is -0.338 e. The van der Waals surface area contributed by atoms with Gasteiger partial charge in [-0.3, -0.25) is 0 Å². The maximum Gasteiger partial charge on any atom is 0.109 e. The Balaban J connectivity index is 2.25. The number of hydrogen-bond donors (Lipinski definition) is 1. The van der Waals surface area contributed by atoms with Gasteiger partial charge in [0.05, 0.1) is 0 Å². The summed E-state index contributed by atoms with van der Waals surface area (Å²) in [4.78, 5) is 4.33. The molecule has 0 aliphatic rings. The van der Waals surface area contributed by atoms with E-state index in [-0.39, 0.29) is 0 Å². The SMILES string of the molecule is CC(C)C(CNCCc1nccn1C)C(C)C. The molecule has 0 radical (unpaired) electrons. The van der Waals surface area contributed by atoms with Crippen LogP contribution in [0.3, 0.4) is 0 Å². The second-order valence-electron chi connectivity index (χ2n) is 5.56. The van der Waals surface area contributed by atoms with Crippen LogP contribution in [0, 0.1) is 17.8 Å². The van der Waals surface area contributed by atoms with Crippen molar-refractivity contribution in [3.05, 3.63) is 18.2 Å². The second-order valence-corrected chi connectivity index (χ2v) is 5.56. The summed E-state index contributed by atoms with van der Waals surface area (Å²) in [5.41, 5.74) is 0. The van der Waals surface area contributed by atoms with Gasteiger partial charge in [-0.25, -0.2) is 4.98 Å². The third kappa shape index (κ3) is 4.50. The van der Waals surface area contributed by atoms with Crippen LogP contribution in [-0.4, -0.2) is 22.6 Å². The van der Waals surface area contributed by atoms with Crippen molar-refractivity contribution in [1.82, 2.24) is 14.9 Å². The van der Waals surface area contributed by atoms with Gasteiger partial charge in [-0.15, -0.1) is 0 Å². The highest BCUT2D eigenvalue weighted by atomic mass is 15.0. The standard InChI is InChI=1S/C14H27N3/c1-11(2)13(12(3)4)10-15-7-6-14-16-8-9-17(14)5/h8-9,11-13,15H,6-7,10H2,1-5H3. The molecule has 0 aromatic carbocycles. The fraction of sp³-hybridized carbons (Fsp3) is 0.786. The van der Waals surface area contributed by atoms with Crippen molar-refractivity contribution in [2.24, 2.45) is 24.8 Å². The number of hydrogen-bond acceptors (Lipinski definition) is 2. The molecule has 0 bridgehead atoms. The topological polar surface area (TPSA) is 29.9 Å². The lowest BCUT2D eigenvalue weighted by Crippen LogP contribution is -2.31. The summed E-state index contributed by atoms with van der Waals surface area (Å²) < 4.78 is 2.09. The Morgan fingerprint density at radius 1 is 1.24 bits per heavy atom. The Labute approximate surface area is 106 Å². The molecule has 0 fully saturated rings. The predicted octanol–water partition coefficient (Wildman–Crippen LogP) is 2.48. The molecule has 1 aromatic heterocycles. The molecule has 1 rings (SSSR count). The maximum absolute atomic E-state index is 4.33. The Bertz CT molecular complexity index is 307. The summed E-state index contributed by atoms with van der Waals surface area (Å²) >= 11 is 0. The Kier molecular flexibility index (Phi) is 5.69. The van der Waals surface area contributed by atoms with Crippen LogP contribution in [0.25, 0.3) is 0 Å². The molecule has 1 N–H and O–H groups in total. The van der Waals surface area contributed by atoms with E-state index in [9.17, 15) is 0 Å². The largest absolute Gasteiger partial charge is 0.338 e. The normalized spacial score (nSPS) is 12.0. The van der Waals surface area contributed by atoms with Gasteiger partial charge >= 0.3 is 0 Å². The smallest absolute Gasteiger partial charge is 0.109 e. The molecule has 0 saturated heterocycles. The molecule has 0 aliphatic carbocycles. The van der Waals surface area contributed by atoms with E-state index in [2.05, 4.69) is 42.6 Å². The van der Waals surface area contributed by atoms with E-state index in [1.807, 2.05) is 19.4 Å². The van der Waals surface area contributed by atoms with E-state index in [0.717, 1.165) is 43.1 Å². The molecule has 0 amide bonds. The van der Waals surface area contributed by atoms with Crippen LogP contribution in [0.4, 0.5) is 0 Å². The van der Waals surface area contributed by atoms with E-state index in [1.54, 1.807) is 0 Å². The molecule has 3 nitrogen and oxygen atoms in total. The third-order valence-corrected chi connectivity index (χ3v) is 3.54. The molecule has 98 valence electrons. The average Bonchev–Trinajstić information content (AvgIpc) is 2.63. The van der Waals surface area contributed by atoms with E-state index in [1.165, 1.54) is 0 Å². The van der Waals surface area contributed by atoms with Crippen LogP contribution in [0.2, 0.25) is 0 Å². The van der Waals surface area contributed by atoms with Gasteiger partial charge in [0.15, 0.2) is 0 Å². The first-order valence-electron chi connectivity index (χ1n) is 6.69. The predicted molar refractivity (Wildman–Crippen MR) is 72.9 cm³/mol. The van der Waals surface area contributed by atoms with Crippen LogP contribution in [-0.2, 0) is 13.5 Å². The van der Waals surface area contributed by atoms with Gasteiger partial charge in [0.1, 0.15) is 5.82 Å². The van der Waals surface area contributed by atoms with Crippen LogP contribution < -0.4 is 5.32 Å². The van der Waals surface area contributed by atoms with Gasteiger partial charge in [0, 0.05) is 32.4 Å². The second kappa shape index (κ2) is 6.80. The highest BCUT2D eigenvalue weighted by molar-refractivity contribution is 4.91. The van der Waals surface area contributed by atoms with Crippen molar-refractivity contribution in [1.29, 1.82) is 0 Å². The van der Waals surface area contributed by atoms with Crippen LogP contribution in [0.1, 0.15) is 33.5 Å². The Morgan fingerprint density at radius 3 is 2.35 bits per heavy atom. The summed E-state index contributed by atoms with van der Waals surface area (Å²) in [6.07, 6.45) is 4.87. The van der Waals surface area contributed by atoms with Gasteiger partial charge in [-0.2, -0.15) is 0 Å². The van der Waals surface area contributed by atoms with Crippen molar-refractivity contribution in [2.75, 3.05) is 13.1 Å². The fourth-order valence-electron chi connectivity index (χ4n) is 2.35. The van der Waals surface area contributed by atoms with Gasteiger partial charge < -0.3 is 9.88 Å². The number of aromatic nitrogens is 2. The number of nitrogens with zero attached hydrogens (tertiary/aromatic N) is 2. The molecule has 17 heavy (non-hydrogen) atoms. The van der Waals surface area contributed by atoms with Gasteiger partial charge in [-0.1, -0.05) is 27.7 Å². The number of nitrogens with one attached hydrogen (secondary N) is 1. The van der Waals surface area contributed by atoms with Gasteiger partial charge in [-0.05, 0) is 24.3 Å². The summed E-state index contributed by atoms with van der Waals surface area (Å²) in [7, 11) is 2.05. The molecule has 0 saturated carbocycles. The lowest BCUT2D eigenvalue weighted by molar-refractivity contribution is 0.276. The minimum absolute atomic E-state index is 0.746. The maximum atomic E-state index is 4.33. The van der Waals surface area contributed by atoms with E-state index < -0.39 is 0 Å². The fourth-order valence-corrected chi connectivity index (χ4v) is 2.35. The summed E-state index contributed by atoms with van der Waals surface area (Å²) in [6, 6.07) is 0.